The van der Waals surface area contributed by atoms with Crippen molar-refractivity contribution in [1.82, 2.24) is 9.78 Å². The molecule has 0 radical (unpaired) electrons. The molecular formula is C22H20N4O2. The Hall–Kier alpha value is -3.80. The van der Waals surface area contributed by atoms with Crippen LogP contribution >= 0.6 is 0 Å². The van der Waals surface area contributed by atoms with Gasteiger partial charge in [0.15, 0.2) is 0 Å². The molecule has 0 atom stereocenters. The van der Waals surface area contributed by atoms with Gasteiger partial charge < -0.3 is 15.8 Å². The molecule has 0 spiro atoms. The summed E-state index contributed by atoms with van der Waals surface area (Å²) in [5.74, 6) is 0.517. The number of amides is 1. The first-order chi connectivity index (χ1) is 13.7. The number of methoxy groups -OCH3 is 1. The van der Waals surface area contributed by atoms with Crippen molar-refractivity contribution in [3.05, 3.63) is 83.9 Å². The highest BCUT2D eigenvalue weighted by molar-refractivity contribution is 6.05. The Morgan fingerprint density at radius 3 is 2.50 bits per heavy atom. The van der Waals surface area contributed by atoms with E-state index in [0.29, 0.717) is 23.5 Å². The number of benzene rings is 3. The van der Waals surface area contributed by atoms with Crippen LogP contribution in [-0.2, 0) is 6.54 Å². The second kappa shape index (κ2) is 7.44. The lowest BCUT2D eigenvalue weighted by Gasteiger charge is -2.09. The number of ether oxygens (including phenoxy) is 1. The molecule has 3 N–H and O–H groups in total. The van der Waals surface area contributed by atoms with Crippen LogP contribution in [0.15, 0.2) is 72.8 Å². The number of anilines is 2. The van der Waals surface area contributed by atoms with Gasteiger partial charge >= 0.3 is 0 Å². The average Bonchev–Trinajstić information content (AvgIpc) is 3.07. The number of carbonyl (C=O) groups excluding carboxylic acids is 1. The van der Waals surface area contributed by atoms with E-state index in [1.165, 1.54) is 0 Å². The van der Waals surface area contributed by atoms with Crippen molar-refractivity contribution >= 4 is 28.2 Å². The summed E-state index contributed by atoms with van der Waals surface area (Å²) in [7, 11) is 1.64. The lowest BCUT2D eigenvalue weighted by atomic mass is 10.1. The van der Waals surface area contributed by atoms with Gasteiger partial charge in [0.1, 0.15) is 0 Å². The highest BCUT2D eigenvalue weighted by atomic mass is 16.5. The normalized spacial score (nSPS) is 10.8. The first-order valence-electron chi connectivity index (χ1n) is 8.90. The highest BCUT2D eigenvalue weighted by Gasteiger charge is 2.12. The van der Waals surface area contributed by atoms with Gasteiger partial charge in [0.25, 0.3) is 5.91 Å². The van der Waals surface area contributed by atoms with Crippen molar-refractivity contribution in [2.24, 2.45) is 0 Å². The molecule has 0 aliphatic rings. The van der Waals surface area contributed by atoms with E-state index in [1.54, 1.807) is 31.4 Å². The summed E-state index contributed by atoms with van der Waals surface area (Å²) >= 11 is 0. The smallest absolute Gasteiger partial charge is 0.255 e. The van der Waals surface area contributed by atoms with E-state index in [-0.39, 0.29) is 5.91 Å². The maximum atomic E-state index is 12.4. The molecule has 0 aliphatic heterocycles. The molecule has 1 amide bonds. The van der Waals surface area contributed by atoms with Gasteiger partial charge in [-0.25, -0.2) is 4.68 Å². The number of hydrogen-bond acceptors (Lipinski definition) is 4. The predicted molar refractivity (Wildman–Crippen MR) is 111 cm³/mol. The second-order valence-electron chi connectivity index (χ2n) is 6.42. The summed E-state index contributed by atoms with van der Waals surface area (Å²) < 4.78 is 7.36. The van der Waals surface area contributed by atoms with Crippen molar-refractivity contribution in [3.8, 4) is 5.88 Å². The fourth-order valence-corrected chi connectivity index (χ4v) is 3.12. The zero-order chi connectivity index (χ0) is 19.5. The molecule has 1 aromatic heterocycles. The van der Waals surface area contributed by atoms with Gasteiger partial charge in [0.2, 0.25) is 5.88 Å². The van der Waals surface area contributed by atoms with Gasteiger partial charge in [0, 0.05) is 5.56 Å². The minimum absolute atomic E-state index is 0.202. The molecule has 6 nitrogen and oxygen atoms in total. The van der Waals surface area contributed by atoms with Gasteiger partial charge in [-0.05, 0) is 42.0 Å². The molecule has 0 saturated heterocycles. The standard InChI is InChI=1S/C22H20N4O2/c1-28-22-17-6-2-4-8-19(17)25-26(22)14-15-10-12-16(13-11-15)21(27)24-20-9-5-3-7-18(20)23/h2-13H,14,23H2,1H3,(H,24,27). The summed E-state index contributed by atoms with van der Waals surface area (Å²) in [6.07, 6.45) is 0. The van der Waals surface area contributed by atoms with Crippen LogP contribution in [0.2, 0.25) is 0 Å². The quantitative estimate of drug-likeness (QED) is 0.520. The molecule has 6 heteroatoms. The summed E-state index contributed by atoms with van der Waals surface area (Å²) in [6.45, 7) is 0.547. The maximum Gasteiger partial charge on any atom is 0.255 e. The van der Waals surface area contributed by atoms with E-state index in [1.807, 2.05) is 53.2 Å². The number of para-hydroxylation sites is 2. The number of fused-ring (bicyclic) bond motifs is 1. The SMILES string of the molecule is COc1c2ccccc2nn1Cc1ccc(C(=O)Nc2ccccc2N)cc1. The summed E-state index contributed by atoms with van der Waals surface area (Å²) in [5.41, 5.74) is 9.47. The van der Waals surface area contributed by atoms with Crippen LogP contribution in [0.25, 0.3) is 10.9 Å². The monoisotopic (exact) mass is 372 g/mol. The Morgan fingerprint density at radius 2 is 1.75 bits per heavy atom. The third-order valence-electron chi connectivity index (χ3n) is 4.55. The van der Waals surface area contributed by atoms with Gasteiger partial charge in [-0.15, -0.1) is 0 Å². The zero-order valence-electron chi connectivity index (χ0n) is 15.4. The molecule has 0 unspecified atom stereocenters. The van der Waals surface area contributed by atoms with E-state index < -0.39 is 0 Å². The van der Waals surface area contributed by atoms with E-state index in [2.05, 4.69) is 10.4 Å². The molecule has 1 heterocycles. The van der Waals surface area contributed by atoms with Crippen LogP contribution in [0.1, 0.15) is 15.9 Å². The first-order valence-corrected chi connectivity index (χ1v) is 8.90. The number of nitrogens with one attached hydrogen (secondary N) is 1. The molecule has 140 valence electrons. The average molecular weight is 372 g/mol. The molecular weight excluding hydrogens is 352 g/mol. The summed E-state index contributed by atoms with van der Waals surface area (Å²) in [4.78, 5) is 12.4. The molecule has 0 saturated carbocycles. The van der Waals surface area contributed by atoms with Crippen molar-refractivity contribution in [3.63, 3.8) is 0 Å². The van der Waals surface area contributed by atoms with E-state index >= 15 is 0 Å². The summed E-state index contributed by atoms with van der Waals surface area (Å²) in [5, 5.41) is 8.40. The third kappa shape index (κ3) is 3.40. The van der Waals surface area contributed by atoms with Crippen molar-refractivity contribution in [2.75, 3.05) is 18.2 Å². The fourth-order valence-electron chi connectivity index (χ4n) is 3.12. The van der Waals surface area contributed by atoms with E-state index in [4.69, 9.17) is 10.5 Å². The van der Waals surface area contributed by atoms with Crippen molar-refractivity contribution in [2.45, 2.75) is 6.54 Å². The second-order valence-corrected chi connectivity index (χ2v) is 6.42. The van der Waals surface area contributed by atoms with Gasteiger partial charge in [-0.2, -0.15) is 5.10 Å². The molecule has 0 bridgehead atoms. The number of nitrogen functional groups attached to an aromatic ring is 1. The van der Waals surface area contributed by atoms with E-state index in [9.17, 15) is 4.79 Å². The zero-order valence-corrected chi connectivity index (χ0v) is 15.4. The molecule has 4 aromatic rings. The highest BCUT2D eigenvalue weighted by Crippen LogP contribution is 2.26. The first kappa shape index (κ1) is 17.6. The minimum atomic E-state index is -0.202. The third-order valence-corrected chi connectivity index (χ3v) is 4.55. The fraction of sp³-hybridized carbons (Fsp3) is 0.0909. The number of rotatable bonds is 5. The number of nitrogens with zero attached hydrogens (tertiary/aromatic N) is 2. The van der Waals surface area contributed by atoms with Crippen LogP contribution in [0.3, 0.4) is 0 Å². The molecule has 0 aliphatic carbocycles. The van der Waals surface area contributed by atoms with Crippen LogP contribution in [0.5, 0.6) is 5.88 Å². The Bertz CT molecular complexity index is 1130. The van der Waals surface area contributed by atoms with Crippen LogP contribution in [0.4, 0.5) is 11.4 Å². The Labute approximate surface area is 162 Å². The Kier molecular flexibility index (Phi) is 4.68. The molecule has 28 heavy (non-hydrogen) atoms. The molecule has 0 fully saturated rings. The van der Waals surface area contributed by atoms with Gasteiger partial charge in [-0.1, -0.05) is 36.4 Å². The lowest BCUT2D eigenvalue weighted by Crippen LogP contribution is -2.13. The van der Waals surface area contributed by atoms with Gasteiger partial charge in [-0.3, -0.25) is 4.79 Å². The lowest BCUT2D eigenvalue weighted by molar-refractivity contribution is 0.102. The maximum absolute atomic E-state index is 12.4. The minimum Gasteiger partial charge on any atom is -0.481 e. The largest absolute Gasteiger partial charge is 0.481 e. The Balaban J connectivity index is 1.52. The predicted octanol–water partition coefficient (Wildman–Crippen LogP) is 3.93. The molecule has 4 rings (SSSR count). The number of aromatic nitrogens is 2. The van der Waals surface area contributed by atoms with E-state index in [0.717, 1.165) is 22.3 Å². The van der Waals surface area contributed by atoms with Crippen LogP contribution < -0.4 is 15.8 Å². The number of nitrogens with two attached hydrogens (primary N) is 1. The number of hydrogen-bond donors (Lipinski definition) is 2. The van der Waals surface area contributed by atoms with Crippen LogP contribution in [0, 0.1) is 0 Å². The van der Waals surface area contributed by atoms with Crippen molar-refractivity contribution < 1.29 is 9.53 Å². The number of carbonyl (C=O) groups is 1. The Morgan fingerprint density at radius 1 is 1.04 bits per heavy atom. The van der Waals surface area contributed by atoms with Crippen LogP contribution in [-0.4, -0.2) is 22.8 Å². The van der Waals surface area contributed by atoms with Crippen molar-refractivity contribution in [1.29, 1.82) is 0 Å². The summed E-state index contributed by atoms with van der Waals surface area (Å²) in [6, 6.07) is 22.4. The van der Waals surface area contributed by atoms with Gasteiger partial charge in [0.05, 0.1) is 35.9 Å². The topological polar surface area (TPSA) is 82.2 Å². The molecule has 3 aromatic carbocycles.